The van der Waals surface area contributed by atoms with Gasteiger partial charge in [-0.2, -0.15) is 0 Å². The molecular weight excluding hydrogens is 420 g/mol. The quantitative estimate of drug-likeness (QED) is 0.316. The molecule has 0 aliphatic heterocycles. The van der Waals surface area contributed by atoms with Crippen LogP contribution in [0.15, 0.2) is 59.5 Å². The zero-order chi connectivity index (χ0) is 22.5. The van der Waals surface area contributed by atoms with Gasteiger partial charge in [0.2, 0.25) is 0 Å². The van der Waals surface area contributed by atoms with Gasteiger partial charge < -0.3 is 25.3 Å². The van der Waals surface area contributed by atoms with Crippen molar-refractivity contribution in [2.45, 2.75) is 6.54 Å². The molecule has 2 aromatic carbocycles. The number of H-pyrrole nitrogens is 2. The van der Waals surface area contributed by atoms with Crippen LogP contribution < -0.4 is 21.1 Å². The molecule has 8 nitrogen and oxygen atoms in total. The third kappa shape index (κ3) is 4.91. The zero-order valence-electron chi connectivity index (χ0n) is 16.7. The number of ether oxygens (including phenoxy) is 1. The van der Waals surface area contributed by atoms with E-state index in [0.717, 1.165) is 12.1 Å². The molecule has 2 aromatic heterocycles. The molecule has 0 fully saturated rings. The van der Waals surface area contributed by atoms with Crippen molar-refractivity contribution in [1.82, 2.24) is 20.3 Å². The summed E-state index contributed by atoms with van der Waals surface area (Å²) < 4.78 is 32.0. The lowest BCUT2D eigenvalue weighted by Gasteiger charge is -2.12. The van der Waals surface area contributed by atoms with Crippen LogP contribution in [0, 0.1) is 11.6 Å². The zero-order valence-corrected chi connectivity index (χ0v) is 16.7. The number of anilines is 1. The summed E-state index contributed by atoms with van der Waals surface area (Å²) >= 11 is 0. The Morgan fingerprint density at radius 1 is 1.03 bits per heavy atom. The van der Waals surface area contributed by atoms with E-state index in [4.69, 9.17) is 4.74 Å². The van der Waals surface area contributed by atoms with E-state index in [9.17, 15) is 18.4 Å². The fourth-order valence-electron chi connectivity index (χ4n) is 3.10. The molecular formula is C22H19F2N5O3. The maximum atomic E-state index is 13.3. The van der Waals surface area contributed by atoms with Crippen molar-refractivity contribution in [3.05, 3.63) is 88.0 Å². The lowest BCUT2D eigenvalue weighted by atomic mass is 10.2. The van der Waals surface area contributed by atoms with E-state index in [0.29, 0.717) is 40.3 Å². The molecule has 4 rings (SSSR count). The van der Waals surface area contributed by atoms with Crippen molar-refractivity contribution < 1.29 is 18.3 Å². The number of aromatic nitrogens is 3. The monoisotopic (exact) mass is 439 g/mol. The van der Waals surface area contributed by atoms with Crippen LogP contribution in [0.4, 0.5) is 14.6 Å². The fraction of sp³-hybridized carbons (Fsp3) is 0.136. The summed E-state index contributed by atoms with van der Waals surface area (Å²) in [4.78, 5) is 33.4. The summed E-state index contributed by atoms with van der Waals surface area (Å²) in [7, 11) is 0. The molecule has 0 saturated carbocycles. The number of imidazole rings is 1. The van der Waals surface area contributed by atoms with Gasteiger partial charge in [0.15, 0.2) is 11.6 Å². The van der Waals surface area contributed by atoms with Crippen LogP contribution in [-0.4, -0.2) is 34.0 Å². The first-order valence-corrected chi connectivity index (χ1v) is 9.75. The van der Waals surface area contributed by atoms with Gasteiger partial charge in [-0.05, 0) is 42.0 Å². The van der Waals surface area contributed by atoms with Crippen molar-refractivity contribution in [1.29, 1.82) is 0 Å². The maximum Gasteiger partial charge on any atom is 0.323 e. The van der Waals surface area contributed by atoms with Gasteiger partial charge in [0.25, 0.3) is 5.91 Å². The van der Waals surface area contributed by atoms with Crippen molar-refractivity contribution >= 4 is 22.8 Å². The predicted molar refractivity (Wildman–Crippen MR) is 115 cm³/mol. The number of hydrogen-bond donors (Lipinski definition) is 4. The smallest absolute Gasteiger partial charge is 0.323 e. The van der Waals surface area contributed by atoms with Crippen LogP contribution in [0.25, 0.3) is 11.0 Å². The minimum atomic E-state index is -0.970. The summed E-state index contributed by atoms with van der Waals surface area (Å²) in [6.07, 6.45) is 1.55. The number of aromatic amines is 2. The van der Waals surface area contributed by atoms with Crippen molar-refractivity contribution in [2.24, 2.45) is 0 Å². The van der Waals surface area contributed by atoms with E-state index in [2.05, 4.69) is 25.6 Å². The van der Waals surface area contributed by atoms with Crippen LogP contribution >= 0.6 is 0 Å². The van der Waals surface area contributed by atoms with E-state index in [-0.39, 0.29) is 18.8 Å². The molecule has 0 aliphatic carbocycles. The summed E-state index contributed by atoms with van der Waals surface area (Å²) in [6.45, 7) is 0.687. The van der Waals surface area contributed by atoms with Crippen LogP contribution in [-0.2, 0) is 6.54 Å². The average Bonchev–Trinajstić information content (AvgIpc) is 3.17. The van der Waals surface area contributed by atoms with Gasteiger partial charge >= 0.3 is 5.69 Å². The first-order chi connectivity index (χ1) is 15.5. The molecule has 2 heterocycles. The molecule has 32 heavy (non-hydrogen) atoms. The van der Waals surface area contributed by atoms with Gasteiger partial charge in [0, 0.05) is 18.8 Å². The summed E-state index contributed by atoms with van der Waals surface area (Å²) in [5, 5.41) is 5.72. The van der Waals surface area contributed by atoms with Gasteiger partial charge in [0.05, 0.1) is 23.1 Å². The third-order valence-electron chi connectivity index (χ3n) is 4.64. The van der Waals surface area contributed by atoms with E-state index in [1.807, 2.05) is 0 Å². The Labute approximate surface area is 180 Å². The molecule has 0 saturated heterocycles. The number of benzene rings is 2. The number of rotatable bonds is 8. The number of carbonyl (C=O) groups excluding carboxylic acids is 1. The molecule has 4 aromatic rings. The number of hydrogen-bond acceptors (Lipinski definition) is 5. The van der Waals surface area contributed by atoms with Gasteiger partial charge in [-0.3, -0.25) is 4.79 Å². The first-order valence-electron chi connectivity index (χ1n) is 9.75. The summed E-state index contributed by atoms with van der Waals surface area (Å²) in [5.41, 5.74) is 1.79. The fourth-order valence-corrected chi connectivity index (χ4v) is 3.10. The second-order valence-corrected chi connectivity index (χ2v) is 6.89. The Bertz CT molecular complexity index is 1320. The highest BCUT2D eigenvalue weighted by Gasteiger charge is 2.12. The molecule has 1 amide bonds. The van der Waals surface area contributed by atoms with Crippen molar-refractivity contribution in [3.8, 4) is 5.75 Å². The minimum absolute atomic E-state index is 0.0389. The van der Waals surface area contributed by atoms with Crippen molar-refractivity contribution in [2.75, 3.05) is 18.5 Å². The number of halogens is 2. The minimum Gasteiger partial charge on any atom is -0.492 e. The average molecular weight is 439 g/mol. The van der Waals surface area contributed by atoms with E-state index in [1.165, 1.54) is 6.07 Å². The summed E-state index contributed by atoms with van der Waals surface area (Å²) in [6, 6.07) is 11.9. The number of amides is 1. The second-order valence-electron chi connectivity index (χ2n) is 6.89. The second kappa shape index (κ2) is 9.29. The molecule has 0 aliphatic rings. The molecule has 0 radical (unpaired) electrons. The van der Waals surface area contributed by atoms with E-state index >= 15 is 0 Å². The Hall–Kier alpha value is -4.21. The van der Waals surface area contributed by atoms with Crippen molar-refractivity contribution in [3.63, 3.8) is 0 Å². The lowest BCUT2D eigenvalue weighted by Crippen LogP contribution is -2.25. The number of pyridine rings is 1. The Morgan fingerprint density at radius 3 is 2.72 bits per heavy atom. The van der Waals surface area contributed by atoms with Gasteiger partial charge in [-0.1, -0.05) is 6.07 Å². The lowest BCUT2D eigenvalue weighted by molar-refractivity contribution is 0.0951. The Morgan fingerprint density at radius 2 is 1.88 bits per heavy atom. The molecule has 0 atom stereocenters. The van der Waals surface area contributed by atoms with Crippen LogP contribution in [0.3, 0.4) is 0 Å². The number of nitrogens with one attached hydrogen (secondary N) is 4. The normalized spacial score (nSPS) is 10.8. The Kier molecular flexibility index (Phi) is 6.11. The molecule has 0 bridgehead atoms. The van der Waals surface area contributed by atoms with Crippen LogP contribution in [0.1, 0.15) is 15.9 Å². The standard InChI is InChI=1S/C22H19F2N5O3/c23-16-5-3-13(10-17(16)24)12-27-21(30)15-2-1-7-25-20(15)26-8-9-32-14-4-6-18-19(11-14)29-22(31)28-18/h1-7,10-11H,8-9,12H2,(H,25,26)(H,27,30)(H2,28,29,31). The Balaban J connectivity index is 1.32. The highest BCUT2D eigenvalue weighted by Crippen LogP contribution is 2.17. The topological polar surface area (TPSA) is 112 Å². The number of nitrogens with zero attached hydrogens (tertiary/aromatic N) is 1. The van der Waals surface area contributed by atoms with Crippen LogP contribution in [0.5, 0.6) is 5.75 Å². The highest BCUT2D eigenvalue weighted by molar-refractivity contribution is 5.98. The third-order valence-corrected chi connectivity index (χ3v) is 4.64. The van der Waals surface area contributed by atoms with Gasteiger partial charge in [-0.15, -0.1) is 0 Å². The molecule has 0 spiro atoms. The molecule has 0 unspecified atom stereocenters. The number of fused-ring (bicyclic) bond motifs is 1. The van der Waals surface area contributed by atoms with E-state index < -0.39 is 17.5 Å². The molecule has 4 N–H and O–H groups in total. The SMILES string of the molecule is O=C(NCc1ccc(F)c(F)c1)c1cccnc1NCCOc1ccc2[nH]c(=O)[nH]c2c1. The summed E-state index contributed by atoms with van der Waals surface area (Å²) in [5.74, 6) is -1.37. The highest BCUT2D eigenvalue weighted by atomic mass is 19.2. The van der Waals surface area contributed by atoms with Gasteiger partial charge in [-0.25, -0.2) is 18.6 Å². The molecule has 10 heteroatoms. The number of carbonyl (C=O) groups is 1. The van der Waals surface area contributed by atoms with E-state index in [1.54, 1.807) is 36.5 Å². The maximum absolute atomic E-state index is 13.3. The first kappa shape index (κ1) is 21.0. The molecule has 164 valence electrons. The van der Waals surface area contributed by atoms with Gasteiger partial charge in [0.1, 0.15) is 18.2 Å². The predicted octanol–water partition coefficient (Wildman–Crippen LogP) is 2.95. The largest absolute Gasteiger partial charge is 0.492 e. The van der Waals surface area contributed by atoms with Crippen LogP contribution in [0.2, 0.25) is 0 Å².